The monoisotopic (exact) mass is 304 g/mol. The van der Waals surface area contributed by atoms with Gasteiger partial charge in [-0.15, -0.1) is 0 Å². The Hall–Kier alpha value is -1.42. The van der Waals surface area contributed by atoms with Gasteiger partial charge < -0.3 is 0 Å². The Balaban J connectivity index is 2.07. The van der Waals surface area contributed by atoms with E-state index in [1.165, 1.54) is 0 Å². The van der Waals surface area contributed by atoms with E-state index in [-0.39, 0.29) is 21.0 Å². The van der Waals surface area contributed by atoms with E-state index in [4.69, 9.17) is 0 Å². The minimum Gasteiger partial charge on any atom is -0.293 e. The van der Waals surface area contributed by atoms with Gasteiger partial charge >= 0.3 is 0 Å². The van der Waals surface area contributed by atoms with Crippen molar-refractivity contribution in [2.45, 2.75) is 43.9 Å². The number of benzene rings is 1. The summed E-state index contributed by atoms with van der Waals surface area (Å²) in [4.78, 5) is 12.6. The molecule has 0 saturated heterocycles. The molecule has 0 aromatic heterocycles. The molecule has 2 atom stereocenters. The van der Waals surface area contributed by atoms with Crippen molar-refractivity contribution < 1.29 is 13.2 Å². The predicted octanol–water partition coefficient (Wildman–Crippen LogP) is 3.51. The topological polar surface area (TPSA) is 51.2 Å². The molecule has 0 amide bonds. The third-order valence-electron chi connectivity index (χ3n) is 4.96. The van der Waals surface area contributed by atoms with Crippen LogP contribution in [-0.4, -0.2) is 14.2 Å². The molecule has 3 nitrogen and oxygen atoms in total. The number of carbonyl (C=O) groups excluding carboxylic acids is 1. The molecule has 0 aliphatic heterocycles. The van der Waals surface area contributed by atoms with E-state index in [0.717, 1.165) is 25.7 Å². The fourth-order valence-electron chi connectivity index (χ4n) is 3.61. The summed E-state index contributed by atoms with van der Waals surface area (Å²) in [6.45, 7) is 2.10. The molecule has 3 rings (SSSR count). The molecule has 112 valence electrons. The smallest absolute Gasteiger partial charge is 0.209 e. The lowest BCUT2D eigenvalue weighted by Gasteiger charge is -2.42. The molecular formula is C17H20O3S. The summed E-state index contributed by atoms with van der Waals surface area (Å²) in [6.07, 6.45) is 6.37. The van der Waals surface area contributed by atoms with Crippen molar-refractivity contribution in [1.82, 2.24) is 0 Å². The SMILES string of the molecule is C[C@]12C=C(S(=O)(=O)c3ccccc3)C(=O)C[C@@H]1CCCC2. The van der Waals surface area contributed by atoms with Gasteiger partial charge in [0, 0.05) is 6.42 Å². The van der Waals surface area contributed by atoms with Crippen molar-refractivity contribution in [2.24, 2.45) is 11.3 Å². The zero-order chi connectivity index (χ0) is 15.1. The molecule has 1 saturated carbocycles. The zero-order valence-electron chi connectivity index (χ0n) is 12.2. The van der Waals surface area contributed by atoms with Gasteiger partial charge in [-0.05, 0) is 36.3 Å². The molecule has 0 radical (unpaired) electrons. The van der Waals surface area contributed by atoms with Crippen LogP contribution < -0.4 is 0 Å². The molecule has 0 heterocycles. The highest BCUT2D eigenvalue weighted by Crippen LogP contribution is 2.48. The molecule has 1 aromatic carbocycles. The zero-order valence-corrected chi connectivity index (χ0v) is 13.0. The quantitative estimate of drug-likeness (QED) is 0.840. The molecule has 2 aliphatic rings. The Morgan fingerprint density at radius 1 is 1.14 bits per heavy atom. The van der Waals surface area contributed by atoms with E-state index >= 15 is 0 Å². The fraction of sp³-hybridized carbons (Fsp3) is 0.471. The van der Waals surface area contributed by atoms with Crippen LogP contribution in [0.1, 0.15) is 39.0 Å². The second-order valence-corrected chi connectivity index (χ2v) is 8.32. The van der Waals surface area contributed by atoms with Crippen molar-refractivity contribution in [3.8, 4) is 0 Å². The minimum atomic E-state index is -3.69. The number of carbonyl (C=O) groups is 1. The van der Waals surface area contributed by atoms with E-state index in [9.17, 15) is 13.2 Å². The van der Waals surface area contributed by atoms with Gasteiger partial charge in [0.25, 0.3) is 0 Å². The van der Waals surface area contributed by atoms with Crippen LogP contribution in [0.15, 0.2) is 46.2 Å². The second-order valence-electron chi connectivity index (χ2n) is 6.40. The summed E-state index contributed by atoms with van der Waals surface area (Å²) >= 11 is 0. The molecule has 0 spiro atoms. The first-order valence-corrected chi connectivity index (χ1v) is 8.98. The summed E-state index contributed by atoms with van der Waals surface area (Å²) in [5.74, 6) is 0.0803. The number of allylic oxidation sites excluding steroid dienone is 2. The third kappa shape index (κ3) is 2.46. The number of ketones is 1. The van der Waals surface area contributed by atoms with Crippen LogP contribution in [0.4, 0.5) is 0 Å². The highest BCUT2D eigenvalue weighted by atomic mass is 32.2. The lowest BCUT2D eigenvalue weighted by molar-refractivity contribution is -0.117. The second kappa shape index (κ2) is 5.09. The Kier molecular flexibility index (Phi) is 3.52. The Labute approximate surface area is 126 Å². The van der Waals surface area contributed by atoms with Gasteiger partial charge in [0.15, 0.2) is 5.78 Å². The van der Waals surface area contributed by atoms with Gasteiger partial charge in [-0.3, -0.25) is 4.79 Å². The molecule has 4 heteroatoms. The Bertz CT molecular complexity index is 688. The summed E-state index contributed by atoms with van der Waals surface area (Å²) < 4.78 is 25.5. The molecule has 1 aromatic rings. The van der Waals surface area contributed by atoms with E-state index in [0.29, 0.717) is 12.3 Å². The summed E-state index contributed by atoms with van der Waals surface area (Å²) in [5.41, 5.74) is -0.149. The fourth-order valence-corrected chi connectivity index (χ4v) is 5.19. The first-order valence-electron chi connectivity index (χ1n) is 7.50. The maximum atomic E-state index is 12.7. The van der Waals surface area contributed by atoms with Crippen molar-refractivity contribution in [3.05, 3.63) is 41.3 Å². The number of fused-ring (bicyclic) bond motifs is 1. The van der Waals surface area contributed by atoms with Crippen molar-refractivity contribution in [2.75, 3.05) is 0 Å². The molecule has 0 bridgehead atoms. The van der Waals surface area contributed by atoms with Crippen LogP contribution in [0.3, 0.4) is 0 Å². The van der Waals surface area contributed by atoms with E-state index < -0.39 is 9.84 Å². The molecule has 0 unspecified atom stereocenters. The molecule has 0 N–H and O–H groups in total. The van der Waals surface area contributed by atoms with Gasteiger partial charge in [0.05, 0.1) is 4.90 Å². The number of hydrogen-bond donors (Lipinski definition) is 0. The maximum Gasteiger partial charge on any atom is 0.209 e. The average Bonchev–Trinajstić information content (AvgIpc) is 2.48. The number of rotatable bonds is 2. The van der Waals surface area contributed by atoms with Gasteiger partial charge in [-0.25, -0.2) is 8.42 Å². The Morgan fingerprint density at radius 2 is 1.86 bits per heavy atom. The van der Waals surface area contributed by atoms with Gasteiger partial charge in [0.2, 0.25) is 9.84 Å². The highest BCUT2D eigenvalue weighted by molar-refractivity contribution is 7.96. The third-order valence-corrected chi connectivity index (χ3v) is 6.78. The molecular weight excluding hydrogens is 284 g/mol. The first kappa shape index (κ1) is 14.5. The standard InChI is InChI=1S/C17H20O3S/c1-17-10-6-5-7-13(17)11-15(18)16(12-17)21(19,20)14-8-3-2-4-9-14/h2-4,8-9,12-13H,5-7,10-11H2,1H3/t13-,17-/m0/s1. The lowest BCUT2D eigenvalue weighted by Crippen LogP contribution is -2.37. The van der Waals surface area contributed by atoms with E-state index in [1.807, 2.05) is 0 Å². The molecule has 2 aliphatic carbocycles. The Morgan fingerprint density at radius 3 is 2.57 bits per heavy atom. The summed E-state index contributed by atoms with van der Waals surface area (Å²) in [5, 5.41) is 0. The average molecular weight is 304 g/mol. The summed E-state index contributed by atoms with van der Waals surface area (Å²) in [6, 6.07) is 8.25. The van der Waals surface area contributed by atoms with Crippen LogP contribution in [0, 0.1) is 11.3 Å². The van der Waals surface area contributed by atoms with Crippen LogP contribution in [0.2, 0.25) is 0 Å². The van der Waals surface area contributed by atoms with Gasteiger partial charge in [0.1, 0.15) is 4.91 Å². The van der Waals surface area contributed by atoms with Crippen LogP contribution >= 0.6 is 0 Å². The van der Waals surface area contributed by atoms with Crippen LogP contribution in [0.5, 0.6) is 0 Å². The van der Waals surface area contributed by atoms with E-state index in [2.05, 4.69) is 6.92 Å². The number of Topliss-reactive ketones (excluding diaryl/α,β-unsaturated/α-hetero) is 1. The molecule has 21 heavy (non-hydrogen) atoms. The van der Waals surface area contributed by atoms with Crippen LogP contribution in [-0.2, 0) is 14.6 Å². The number of hydrogen-bond acceptors (Lipinski definition) is 3. The molecule has 1 fully saturated rings. The van der Waals surface area contributed by atoms with Gasteiger partial charge in [-0.2, -0.15) is 0 Å². The largest absolute Gasteiger partial charge is 0.293 e. The van der Waals surface area contributed by atoms with Crippen LogP contribution in [0.25, 0.3) is 0 Å². The van der Waals surface area contributed by atoms with Gasteiger partial charge in [-0.1, -0.05) is 44.0 Å². The van der Waals surface area contributed by atoms with E-state index in [1.54, 1.807) is 36.4 Å². The number of sulfone groups is 1. The first-order chi connectivity index (χ1) is 9.93. The van der Waals surface area contributed by atoms with Crippen molar-refractivity contribution in [3.63, 3.8) is 0 Å². The maximum absolute atomic E-state index is 12.7. The predicted molar refractivity (Wildman–Crippen MR) is 81.4 cm³/mol. The lowest BCUT2D eigenvalue weighted by atomic mass is 9.63. The summed E-state index contributed by atoms with van der Waals surface area (Å²) in [7, 11) is -3.69. The van der Waals surface area contributed by atoms with Crippen molar-refractivity contribution in [1.29, 1.82) is 0 Å². The normalized spacial score (nSPS) is 29.7. The highest BCUT2D eigenvalue weighted by Gasteiger charge is 2.43. The van der Waals surface area contributed by atoms with Crippen molar-refractivity contribution >= 4 is 15.6 Å². The minimum absolute atomic E-state index is 0.00866.